The standard InChI is InChI=1S/C9H8N6O4S/c10-7-2-1-6(15(16)17)5-8(7)20(18,19)14-9-11-3-4-12-13-9/h1-5H,10H2,(H,11,13,14). The van der Waals surface area contributed by atoms with Gasteiger partial charge in [0.25, 0.3) is 21.7 Å². The zero-order chi connectivity index (χ0) is 14.8. The fraction of sp³-hybridized carbons (Fsp3) is 0. The van der Waals surface area contributed by atoms with Crippen molar-refractivity contribution in [2.75, 3.05) is 10.5 Å². The van der Waals surface area contributed by atoms with E-state index in [0.717, 1.165) is 18.2 Å². The van der Waals surface area contributed by atoms with Crippen LogP contribution in [0, 0.1) is 10.1 Å². The highest BCUT2D eigenvalue weighted by Crippen LogP contribution is 2.25. The minimum atomic E-state index is -4.14. The zero-order valence-electron chi connectivity index (χ0n) is 9.79. The minimum Gasteiger partial charge on any atom is -0.398 e. The molecule has 0 aliphatic carbocycles. The quantitative estimate of drug-likeness (QED) is 0.459. The number of hydrogen-bond donors (Lipinski definition) is 2. The molecular formula is C9H8N6O4S. The normalized spacial score (nSPS) is 11.0. The maximum absolute atomic E-state index is 12.1. The number of hydrogen-bond acceptors (Lipinski definition) is 8. The van der Waals surface area contributed by atoms with Gasteiger partial charge in [-0.05, 0) is 6.07 Å². The summed E-state index contributed by atoms with van der Waals surface area (Å²) in [6.45, 7) is 0. The van der Waals surface area contributed by atoms with Gasteiger partial charge in [-0.3, -0.25) is 10.1 Å². The molecule has 0 saturated heterocycles. The third-order valence-electron chi connectivity index (χ3n) is 2.21. The lowest BCUT2D eigenvalue weighted by atomic mass is 10.3. The Morgan fingerprint density at radius 2 is 2.05 bits per heavy atom. The smallest absolute Gasteiger partial charge is 0.270 e. The van der Waals surface area contributed by atoms with Crippen LogP contribution < -0.4 is 10.5 Å². The van der Waals surface area contributed by atoms with Crippen molar-refractivity contribution in [1.29, 1.82) is 0 Å². The van der Waals surface area contributed by atoms with Gasteiger partial charge < -0.3 is 5.73 Å². The molecule has 2 rings (SSSR count). The number of non-ortho nitro benzene ring substituents is 1. The van der Waals surface area contributed by atoms with E-state index in [-0.39, 0.29) is 11.6 Å². The van der Waals surface area contributed by atoms with E-state index in [1.54, 1.807) is 0 Å². The second-order valence-electron chi connectivity index (χ2n) is 3.55. The Labute approximate surface area is 112 Å². The van der Waals surface area contributed by atoms with Crippen LogP contribution in [0.5, 0.6) is 0 Å². The molecule has 10 nitrogen and oxygen atoms in total. The molecule has 0 amide bonds. The van der Waals surface area contributed by atoms with Gasteiger partial charge in [0, 0.05) is 12.1 Å². The Morgan fingerprint density at radius 3 is 2.65 bits per heavy atom. The molecule has 1 aromatic carbocycles. The molecule has 2 aromatic rings. The number of aromatic nitrogens is 3. The maximum Gasteiger partial charge on any atom is 0.270 e. The lowest BCUT2D eigenvalue weighted by molar-refractivity contribution is -0.385. The topological polar surface area (TPSA) is 154 Å². The van der Waals surface area contributed by atoms with Crippen LogP contribution in [0.15, 0.2) is 35.5 Å². The fourth-order valence-electron chi connectivity index (χ4n) is 1.34. The Kier molecular flexibility index (Phi) is 3.43. The van der Waals surface area contributed by atoms with Crippen molar-refractivity contribution in [2.24, 2.45) is 0 Å². The van der Waals surface area contributed by atoms with Gasteiger partial charge in [0.15, 0.2) is 0 Å². The van der Waals surface area contributed by atoms with E-state index in [1.807, 2.05) is 4.72 Å². The van der Waals surface area contributed by atoms with Crippen molar-refractivity contribution >= 4 is 27.3 Å². The van der Waals surface area contributed by atoms with E-state index in [9.17, 15) is 18.5 Å². The lowest BCUT2D eigenvalue weighted by Gasteiger charge is -2.07. The fourth-order valence-corrected chi connectivity index (χ4v) is 2.44. The van der Waals surface area contributed by atoms with Crippen molar-refractivity contribution in [3.8, 4) is 0 Å². The second kappa shape index (κ2) is 5.05. The monoisotopic (exact) mass is 296 g/mol. The van der Waals surface area contributed by atoms with E-state index in [1.165, 1.54) is 12.4 Å². The summed E-state index contributed by atoms with van der Waals surface area (Å²) in [4.78, 5) is 13.1. The van der Waals surface area contributed by atoms with Crippen LogP contribution in [0.4, 0.5) is 17.3 Å². The molecule has 0 bridgehead atoms. The van der Waals surface area contributed by atoms with Crippen molar-refractivity contribution in [3.05, 3.63) is 40.7 Å². The first-order valence-corrected chi connectivity index (χ1v) is 6.59. The first kappa shape index (κ1) is 13.6. The van der Waals surface area contributed by atoms with E-state index in [4.69, 9.17) is 5.73 Å². The Hall–Kier alpha value is -2.82. The molecule has 0 radical (unpaired) electrons. The number of rotatable bonds is 4. The molecule has 1 heterocycles. The summed E-state index contributed by atoms with van der Waals surface area (Å²) in [5, 5.41) is 17.6. The van der Waals surface area contributed by atoms with Crippen molar-refractivity contribution in [3.63, 3.8) is 0 Å². The third-order valence-corrected chi connectivity index (χ3v) is 3.59. The SMILES string of the molecule is Nc1ccc([N+](=O)[O-])cc1S(=O)(=O)Nc1nccnn1. The molecular weight excluding hydrogens is 288 g/mol. The molecule has 0 unspecified atom stereocenters. The van der Waals surface area contributed by atoms with Crippen LogP contribution in [0.2, 0.25) is 0 Å². The van der Waals surface area contributed by atoms with E-state index in [0.29, 0.717) is 0 Å². The predicted molar refractivity (Wildman–Crippen MR) is 68.1 cm³/mol. The molecule has 11 heteroatoms. The molecule has 104 valence electrons. The van der Waals surface area contributed by atoms with Gasteiger partial charge in [0.1, 0.15) is 4.90 Å². The number of benzene rings is 1. The van der Waals surface area contributed by atoms with Crippen LogP contribution >= 0.6 is 0 Å². The second-order valence-corrected chi connectivity index (χ2v) is 5.20. The molecule has 3 N–H and O–H groups in total. The van der Waals surface area contributed by atoms with Crippen LogP contribution in [-0.2, 0) is 10.0 Å². The highest BCUT2D eigenvalue weighted by atomic mass is 32.2. The molecule has 20 heavy (non-hydrogen) atoms. The Balaban J connectivity index is 2.44. The highest BCUT2D eigenvalue weighted by molar-refractivity contribution is 7.92. The van der Waals surface area contributed by atoms with Gasteiger partial charge in [0.05, 0.1) is 23.0 Å². The van der Waals surface area contributed by atoms with Crippen molar-refractivity contribution < 1.29 is 13.3 Å². The number of nitrogens with two attached hydrogens (primary N) is 1. The van der Waals surface area contributed by atoms with Gasteiger partial charge in [-0.2, -0.15) is 5.10 Å². The van der Waals surface area contributed by atoms with Crippen molar-refractivity contribution in [1.82, 2.24) is 15.2 Å². The van der Waals surface area contributed by atoms with Crippen molar-refractivity contribution in [2.45, 2.75) is 4.90 Å². The summed E-state index contributed by atoms with van der Waals surface area (Å²) in [5.41, 5.74) is 5.00. The number of nitro groups is 1. The van der Waals surface area contributed by atoms with Crippen LogP contribution in [0.1, 0.15) is 0 Å². The van der Waals surface area contributed by atoms with Gasteiger partial charge in [0.2, 0.25) is 0 Å². The van der Waals surface area contributed by atoms with Crippen LogP contribution in [-0.4, -0.2) is 28.5 Å². The molecule has 1 aromatic heterocycles. The number of nitrogens with one attached hydrogen (secondary N) is 1. The minimum absolute atomic E-state index is 0.132. The number of nitrogen functional groups attached to an aromatic ring is 1. The summed E-state index contributed by atoms with van der Waals surface area (Å²) < 4.78 is 26.2. The summed E-state index contributed by atoms with van der Waals surface area (Å²) in [5.74, 6) is -0.265. The Bertz CT molecular complexity index is 748. The molecule has 0 saturated carbocycles. The van der Waals surface area contributed by atoms with Gasteiger partial charge >= 0.3 is 0 Å². The number of nitrogens with zero attached hydrogens (tertiary/aromatic N) is 4. The highest BCUT2D eigenvalue weighted by Gasteiger charge is 2.22. The number of sulfonamides is 1. The predicted octanol–water partition coefficient (Wildman–Crippen LogP) is 0.163. The molecule has 0 aliphatic rings. The third kappa shape index (κ3) is 2.77. The average Bonchev–Trinajstić information content (AvgIpc) is 2.39. The van der Waals surface area contributed by atoms with Crippen LogP contribution in [0.3, 0.4) is 0 Å². The maximum atomic E-state index is 12.1. The number of nitro benzene ring substituents is 1. The van der Waals surface area contributed by atoms with Crippen LogP contribution in [0.25, 0.3) is 0 Å². The van der Waals surface area contributed by atoms with Gasteiger partial charge in [-0.1, -0.05) is 0 Å². The Morgan fingerprint density at radius 1 is 1.30 bits per heavy atom. The number of anilines is 2. The summed E-state index contributed by atoms with van der Waals surface area (Å²) in [6, 6.07) is 3.10. The zero-order valence-corrected chi connectivity index (χ0v) is 10.6. The molecule has 0 fully saturated rings. The molecule has 0 aliphatic heterocycles. The van der Waals surface area contributed by atoms with Gasteiger partial charge in [-0.15, -0.1) is 5.10 Å². The van der Waals surface area contributed by atoms with E-state index >= 15 is 0 Å². The summed E-state index contributed by atoms with van der Waals surface area (Å²) in [7, 11) is -4.14. The molecule has 0 spiro atoms. The van der Waals surface area contributed by atoms with E-state index < -0.39 is 25.5 Å². The summed E-state index contributed by atoms with van der Waals surface area (Å²) in [6.07, 6.45) is 2.50. The lowest BCUT2D eigenvalue weighted by Crippen LogP contribution is -2.17. The van der Waals surface area contributed by atoms with Gasteiger partial charge in [-0.25, -0.2) is 18.1 Å². The van der Waals surface area contributed by atoms with E-state index in [2.05, 4.69) is 15.2 Å². The largest absolute Gasteiger partial charge is 0.398 e. The first-order chi connectivity index (χ1) is 9.40. The first-order valence-electron chi connectivity index (χ1n) is 5.10. The molecule has 0 atom stereocenters. The summed E-state index contributed by atoms with van der Waals surface area (Å²) >= 11 is 0. The average molecular weight is 296 g/mol.